The van der Waals surface area contributed by atoms with Crippen molar-refractivity contribution in [3.8, 4) is 11.5 Å². The molecule has 0 spiro atoms. The summed E-state index contributed by atoms with van der Waals surface area (Å²) in [5.41, 5.74) is 0.464. The SMILES string of the molecule is COc1ccc(OC)c(CN(C)S(=O)(=O)c2ccc([N+](=O)[O-])cc2)c1. The van der Waals surface area contributed by atoms with Gasteiger partial charge < -0.3 is 9.47 Å². The molecule has 134 valence electrons. The number of non-ortho nitro benzene ring substituents is 1. The highest BCUT2D eigenvalue weighted by Gasteiger charge is 2.23. The standard InChI is InChI=1S/C16H18N2O6S/c1-17(11-12-10-14(23-2)6-9-16(12)24-3)25(21,22)15-7-4-13(5-8-15)18(19)20/h4-10H,11H2,1-3H3. The van der Waals surface area contributed by atoms with Crippen LogP contribution < -0.4 is 9.47 Å². The summed E-state index contributed by atoms with van der Waals surface area (Å²) in [4.78, 5) is 10.1. The average molecular weight is 366 g/mol. The molecule has 2 aromatic carbocycles. The minimum absolute atomic E-state index is 0.0255. The number of hydrogen-bond acceptors (Lipinski definition) is 6. The van der Waals surface area contributed by atoms with Crippen LogP contribution >= 0.6 is 0 Å². The summed E-state index contributed by atoms with van der Waals surface area (Å²) >= 11 is 0. The van der Waals surface area contributed by atoms with Crippen molar-refractivity contribution in [2.75, 3.05) is 21.3 Å². The van der Waals surface area contributed by atoms with Gasteiger partial charge in [-0.2, -0.15) is 4.31 Å². The molecular weight excluding hydrogens is 348 g/mol. The van der Waals surface area contributed by atoms with Crippen molar-refractivity contribution in [2.45, 2.75) is 11.4 Å². The van der Waals surface area contributed by atoms with Crippen molar-refractivity contribution in [3.63, 3.8) is 0 Å². The summed E-state index contributed by atoms with van der Waals surface area (Å²) in [6, 6.07) is 9.85. The van der Waals surface area contributed by atoms with Crippen molar-refractivity contribution in [1.82, 2.24) is 4.31 Å². The molecule has 0 saturated heterocycles. The van der Waals surface area contributed by atoms with E-state index in [9.17, 15) is 18.5 Å². The largest absolute Gasteiger partial charge is 0.497 e. The Morgan fingerprint density at radius 2 is 1.72 bits per heavy atom. The zero-order chi connectivity index (χ0) is 18.6. The Balaban J connectivity index is 2.30. The summed E-state index contributed by atoms with van der Waals surface area (Å²) in [5.74, 6) is 1.11. The van der Waals surface area contributed by atoms with E-state index in [1.165, 1.54) is 33.4 Å². The Labute approximate surface area is 145 Å². The summed E-state index contributed by atoms with van der Waals surface area (Å²) in [5, 5.41) is 10.7. The quantitative estimate of drug-likeness (QED) is 0.551. The maximum absolute atomic E-state index is 12.7. The molecule has 25 heavy (non-hydrogen) atoms. The first kappa shape index (κ1) is 18.7. The second-order valence-corrected chi connectivity index (χ2v) is 7.23. The van der Waals surface area contributed by atoms with Gasteiger partial charge in [-0.3, -0.25) is 10.1 Å². The Hall–Kier alpha value is -2.65. The Bertz CT molecular complexity index is 865. The lowest BCUT2D eigenvalue weighted by molar-refractivity contribution is -0.384. The van der Waals surface area contributed by atoms with E-state index in [0.29, 0.717) is 17.1 Å². The molecule has 2 aromatic rings. The predicted molar refractivity (Wildman–Crippen MR) is 91.3 cm³/mol. The highest BCUT2D eigenvalue weighted by molar-refractivity contribution is 7.89. The smallest absolute Gasteiger partial charge is 0.269 e. The van der Waals surface area contributed by atoms with Gasteiger partial charge in [-0.05, 0) is 30.3 Å². The van der Waals surface area contributed by atoms with Crippen LogP contribution in [0.2, 0.25) is 0 Å². The molecule has 0 aliphatic heterocycles. The topological polar surface area (TPSA) is 99.0 Å². The fourth-order valence-electron chi connectivity index (χ4n) is 2.25. The van der Waals surface area contributed by atoms with Gasteiger partial charge in [-0.1, -0.05) is 0 Å². The minimum atomic E-state index is -3.81. The zero-order valence-electron chi connectivity index (χ0n) is 14.0. The molecule has 0 amide bonds. The van der Waals surface area contributed by atoms with Crippen LogP contribution in [0.1, 0.15) is 5.56 Å². The maximum Gasteiger partial charge on any atom is 0.269 e. The van der Waals surface area contributed by atoms with E-state index >= 15 is 0 Å². The molecule has 0 heterocycles. The molecule has 8 nitrogen and oxygen atoms in total. The van der Waals surface area contributed by atoms with Gasteiger partial charge in [0.25, 0.3) is 5.69 Å². The number of benzene rings is 2. The van der Waals surface area contributed by atoms with Gasteiger partial charge in [-0.15, -0.1) is 0 Å². The monoisotopic (exact) mass is 366 g/mol. The molecular formula is C16H18N2O6S. The fourth-order valence-corrected chi connectivity index (χ4v) is 3.40. The van der Waals surface area contributed by atoms with Gasteiger partial charge in [0.15, 0.2) is 0 Å². The molecule has 0 saturated carbocycles. The van der Waals surface area contributed by atoms with E-state index in [0.717, 1.165) is 16.4 Å². The number of nitrogens with zero attached hydrogens (tertiary/aromatic N) is 2. The highest BCUT2D eigenvalue weighted by Crippen LogP contribution is 2.27. The lowest BCUT2D eigenvalue weighted by atomic mass is 10.2. The second-order valence-electron chi connectivity index (χ2n) is 5.19. The zero-order valence-corrected chi connectivity index (χ0v) is 14.8. The second kappa shape index (κ2) is 7.49. The van der Waals surface area contributed by atoms with E-state index < -0.39 is 14.9 Å². The van der Waals surface area contributed by atoms with Gasteiger partial charge in [0.05, 0.1) is 24.0 Å². The van der Waals surface area contributed by atoms with Crippen molar-refractivity contribution < 1.29 is 22.8 Å². The summed E-state index contributed by atoms with van der Waals surface area (Å²) < 4.78 is 36.9. The van der Waals surface area contributed by atoms with Crippen molar-refractivity contribution in [2.24, 2.45) is 0 Å². The van der Waals surface area contributed by atoms with Crippen molar-refractivity contribution in [1.29, 1.82) is 0 Å². The normalized spacial score (nSPS) is 11.4. The van der Waals surface area contributed by atoms with Crippen molar-refractivity contribution >= 4 is 15.7 Å². The van der Waals surface area contributed by atoms with Gasteiger partial charge in [0, 0.05) is 31.3 Å². The lowest BCUT2D eigenvalue weighted by Crippen LogP contribution is -2.26. The molecule has 0 atom stereocenters. The van der Waals surface area contributed by atoms with E-state index in [4.69, 9.17) is 9.47 Å². The lowest BCUT2D eigenvalue weighted by Gasteiger charge is -2.19. The first-order chi connectivity index (χ1) is 11.8. The van der Waals surface area contributed by atoms with Crippen molar-refractivity contribution in [3.05, 3.63) is 58.1 Å². The van der Waals surface area contributed by atoms with E-state index in [1.54, 1.807) is 18.2 Å². The molecule has 0 N–H and O–H groups in total. The third kappa shape index (κ3) is 4.06. The molecule has 0 fully saturated rings. The highest BCUT2D eigenvalue weighted by atomic mass is 32.2. The Morgan fingerprint density at radius 1 is 1.08 bits per heavy atom. The molecule has 0 unspecified atom stereocenters. The van der Waals surface area contributed by atoms with Gasteiger partial charge >= 0.3 is 0 Å². The van der Waals surface area contributed by atoms with Gasteiger partial charge in [-0.25, -0.2) is 8.42 Å². The summed E-state index contributed by atoms with van der Waals surface area (Å²) in [7, 11) is 0.629. The number of methoxy groups -OCH3 is 2. The van der Waals surface area contributed by atoms with Crippen LogP contribution in [0.5, 0.6) is 11.5 Å². The van der Waals surface area contributed by atoms with Crippen LogP contribution in [0.4, 0.5) is 5.69 Å². The molecule has 0 radical (unpaired) electrons. The molecule has 0 aromatic heterocycles. The predicted octanol–water partition coefficient (Wildman–Crippen LogP) is 2.43. The molecule has 9 heteroatoms. The van der Waals surface area contributed by atoms with Crippen LogP contribution in [0.15, 0.2) is 47.4 Å². The van der Waals surface area contributed by atoms with Crippen LogP contribution in [-0.4, -0.2) is 38.9 Å². The third-order valence-electron chi connectivity index (χ3n) is 3.64. The Kier molecular flexibility index (Phi) is 5.60. The first-order valence-corrected chi connectivity index (χ1v) is 8.65. The van der Waals surface area contributed by atoms with Crippen LogP contribution in [0, 0.1) is 10.1 Å². The van der Waals surface area contributed by atoms with Gasteiger partial charge in [0.2, 0.25) is 10.0 Å². The minimum Gasteiger partial charge on any atom is -0.497 e. The number of nitro benzene ring substituents is 1. The molecule has 2 rings (SSSR count). The van der Waals surface area contributed by atoms with Crippen LogP contribution in [0.25, 0.3) is 0 Å². The fraction of sp³-hybridized carbons (Fsp3) is 0.250. The van der Waals surface area contributed by atoms with Gasteiger partial charge in [0.1, 0.15) is 11.5 Å². The number of hydrogen-bond donors (Lipinski definition) is 0. The molecule has 0 aliphatic carbocycles. The van der Waals surface area contributed by atoms with E-state index in [-0.39, 0.29) is 17.1 Å². The number of ether oxygens (including phenoxy) is 2. The number of nitro groups is 1. The maximum atomic E-state index is 12.7. The number of rotatable bonds is 7. The van der Waals surface area contributed by atoms with Crippen LogP contribution in [-0.2, 0) is 16.6 Å². The Morgan fingerprint density at radius 3 is 2.24 bits per heavy atom. The number of sulfonamides is 1. The molecule has 0 bridgehead atoms. The average Bonchev–Trinajstić information content (AvgIpc) is 2.61. The summed E-state index contributed by atoms with van der Waals surface area (Å²) in [6.45, 7) is 0.0553. The third-order valence-corrected chi connectivity index (χ3v) is 5.45. The molecule has 0 aliphatic rings. The summed E-state index contributed by atoms with van der Waals surface area (Å²) in [6.07, 6.45) is 0. The first-order valence-electron chi connectivity index (χ1n) is 7.21. The van der Waals surface area contributed by atoms with E-state index in [1.807, 2.05) is 0 Å². The van der Waals surface area contributed by atoms with Crippen LogP contribution in [0.3, 0.4) is 0 Å². The van der Waals surface area contributed by atoms with E-state index in [2.05, 4.69) is 0 Å².